The smallest absolute Gasteiger partial charge is 0.0465 e. The highest BCUT2D eigenvalue weighted by Gasteiger charge is 2.38. The first kappa shape index (κ1) is 38.9. The number of hydrogen-bond acceptors (Lipinski definition) is 1. The molecule has 0 radical (unpaired) electrons. The van der Waals surface area contributed by atoms with E-state index in [0.29, 0.717) is 0 Å². The highest BCUT2D eigenvalue weighted by atomic mass is 15.1. The van der Waals surface area contributed by atoms with Crippen LogP contribution in [0.25, 0.3) is 77.5 Å². The van der Waals surface area contributed by atoms with Crippen LogP contribution in [0.2, 0.25) is 0 Å². The molecular formula is C64H49N. The Labute approximate surface area is 383 Å². The van der Waals surface area contributed by atoms with Gasteiger partial charge >= 0.3 is 0 Å². The van der Waals surface area contributed by atoms with E-state index in [0.717, 1.165) is 17.1 Å². The third-order valence-electron chi connectivity index (χ3n) is 14.5. The summed E-state index contributed by atoms with van der Waals surface area (Å²) >= 11 is 0. The lowest BCUT2D eigenvalue weighted by atomic mass is 9.81. The van der Waals surface area contributed by atoms with Gasteiger partial charge in [0.25, 0.3) is 0 Å². The number of anilines is 3. The zero-order valence-corrected chi connectivity index (χ0v) is 37.3. The Morgan fingerprint density at radius 2 is 0.615 bits per heavy atom. The minimum absolute atomic E-state index is 0.110. The molecule has 0 spiro atoms. The number of nitrogens with zero attached hydrogens (tertiary/aromatic N) is 1. The Morgan fingerprint density at radius 1 is 0.246 bits per heavy atom. The van der Waals surface area contributed by atoms with E-state index in [1.54, 1.807) is 0 Å². The average Bonchev–Trinajstić information content (AvgIpc) is 3.73. The predicted octanol–water partition coefficient (Wildman–Crippen LogP) is 17.6. The van der Waals surface area contributed by atoms with Crippen LogP contribution in [-0.4, -0.2) is 0 Å². The van der Waals surface area contributed by atoms with Gasteiger partial charge in [-0.05, 0) is 148 Å². The third kappa shape index (κ3) is 6.45. The van der Waals surface area contributed by atoms with Gasteiger partial charge in [-0.25, -0.2) is 0 Å². The van der Waals surface area contributed by atoms with Gasteiger partial charge in [-0.1, -0.05) is 204 Å². The van der Waals surface area contributed by atoms with Gasteiger partial charge in [0, 0.05) is 27.9 Å². The maximum atomic E-state index is 2.46. The largest absolute Gasteiger partial charge is 0.310 e. The van der Waals surface area contributed by atoms with E-state index >= 15 is 0 Å². The fourth-order valence-electron chi connectivity index (χ4n) is 10.8. The van der Waals surface area contributed by atoms with Crippen molar-refractivity contribution in [3.05, 3.63) is 247 Å². The van der Waals surface area contributed by atoms with E-state index in [4.69, 9.17) is 0 Å². The van der Waals surface area contributed by atoms with Crippen molar-refractivity contribution in [3.63, 3.8) is 0 Å². The highest BCUT2D eigenvalue weighted by Crippen LogP contribution is 2.53. The van der Waals surface area contributed by atoms with Crippen LogP contribution < -0.4 is 4.90 Å². The second kappa shape index (κ2) is 14.9. The molecule has 2 aliphatic rings. The zero-order chi connectivity index (χ0) is 43.9. The summed E-state index contributed by atoms with van der Waals surface area (Å²) in [4.78, 5) is 2.46. The summed E-state index contributed by atoms with van der Waals surface area (Å²) in [7, 11) is 0. The van der Waals surface area contributed by atoms with E-state index in [2.05, 4.69) is 257 Å². The average molecular weight is 832 g/mol. The quantitative estimate of drug-likeness (QED) is 0.155. The standard InChI is InChI=1S/C64H49N/c1-63(2)59-17-11-10-16-55(59)57-36-33-53(40-61(57)63)65(52-31-28-48(29-32-52)50-27-26-43-14-8-9-15-49(43)38-50)54-34-37-58-56-35-30-51(39-60(56)64(3,4)62(58)41-54)47-24-22-46(23-25-47)45-20-18-44(19-21-45)42-12-6-5-7-13-42/h5-41H,1-4H3. The lowest BCUT2D eigenvalue weighted by molar-refractivity contribution is 0.660. The minimum atomic E-state index is -0.204. The molecule has 0 atom stereocenters. The van der Waals surface area contributed by atoms with Crippen LogP contribution in [0.4, 0.5) is 17.1 Å². The molecule has 0 saturated heterocycles. The number of rotatable bonds is 7. The monoisotopic (exact) mass is 831 g/mol. The second-order valence-electron chi connectivity index (χ2n) is 19.0. The van der Waals surface area contributed by atoms with Gasteiger partial charge in [-0.3, -0.25) is 0 Å². The van der Waals surface area contributed by atoms with Crippen molar-refractivity contribution < 1.29 is 0 Å². The molecule has 1 nitrogen and oxygen atoms in total. The second-order valence-corrected chi connectivity index (χ2v) is 19.0. The predicted molar refractivity (Wildman–Crippen MR) is 276 cm³/mol. The Bertz CT molecular complexity index is 3440. The molecule has 0 unspecified atom stereocenters. The molecule has 0 bridgehead atoms. The van der Waals surface area contributed by atoms with Crippen LogP contribution in [-0.2, 0) is 10.8 Å². The van der Waals surface area contributed by atoms with Crippen molar-refractivity contribution in [1.82, 2.24) is 0 Å². The molecule has 2 aliphatic carbocycles. The highest BCUT2D eigenvalue weighted by molar-refractivity contribution is 5.91. The van der Waals surface area contributed by atoms with Crippen molar-refractivity contribution in [3.8, 4) is 66.8 Å². The first-order valence-electron chi connectivity index (χ1n) is 22.9. The molecular weight excluding hydrogens is 783 g/mol. The number of benzene rings is 10. The Morgan fingerprint density at radius 3 is 1.22 bits per heavy atom. The van der Waals surface area contributed by atoms with E-state index in [1.165, 1.54) is 99.8 Å². The summed E-state index contributed by atoms with van der Waals surface area (Å²) in [6.07, 6.45) is 0. The lowest BCUT2D eigenvalue weighted by Gasteiger charge is -2.30. The van der Waals surface area contributed by atoms with Gasteiger partial charge in [-0.15, -0.1) is 0 Å². The first-order chi connectivity index (χ1) is 31.7. The third-order valence-corrected chi connectivity index (χ3v) is 14.5. The van der Waals surface area contributed by atoms with Gasteiger partial charge in [0.15, 0.2) is 0 Å². The molecule has 10 aromatic rings. The van der Waals surface area contributed by atoms with Crippen molar-refractivity contribution in [1.29, 1.82) is 0 Å². The first-order valence-corrected chi connectivity index (χ1v) is 22.9. The molecule has 0 aromatic heterocycles. The summed E-state index contributed by atoms with van der Waals surface area (Å²) < 4.78 is 0. The molecule has 1 heteroatoms. The van der Waals surface area contributed by atoms with E-state index < -0.39 is 0 Å². The molecule has 0 fully saturated rings. The Hall–Kier alpha value is -7.74. The van der Waals surface area contributed by atoms with Gasteiger partial charge < -0.3 is 4.90 Å². The maximum absolute atomic E-state index is 2.46. The molecule has 10 aromatic carbocycles. The van der Waals surface area contributed by atoms with Crippen molar-refractivity contribution in [2.45, 2.75) is 38.5 Å². The van der Waals surface area contributed by atoms with E-state index in [1.807, 2.05) is 0 Å². The van der Waals surface area contributed by atoms with E-state index in [-0.39, 0.29) is 10.8 Å². The summed E-state index contributed by atoms with van der Waals surface area (Å²) in [6, 6.07) is 83.3. The van der Waals surface area contributed by atoms with Crippen LogP contribution in [0.5, 0.6) is 0 Å². The molecule has 310 valence electrons. The summed E-state index contributed by atoms with van der Waals surface area (Å²) in [5.74, 6) is 0. The van der Waals surface area contributed by atoms with Gasteiger partial charge in [0.05, 0.1) is 0 Å². The number of fused-ring (bicyclic) bond motifs is 7. The summed E-state index contributed by atoms with van der Waals surface area (Å²) in [6.45, 7) is 9.52. The molecule has 0 amide bonds. The maximum Gasteiger partial charge on any atom is 0.0465 e. The van der Waals surface area contributed by atoms with Crippen LogP contribution in [0.1, 0.15) is 49.9 Å². The van der Waals surface area contributed by atoms with Crippen LogP contribution in [0, 0.1) is 0 Å². The molecule has 0 aliphatic heterocycles. The number of hydrogen-bond donors (Lipinski definition) is 0. The molecule has 0 N–H and O–H groups in total. The van der Waals surface area contributed by atoms with Gasteiger partial charge in [-0.2, -0.15) is 0 Å². The van der Waals surface area contributed by atoms with Crippen LogP contribution >= 0.6 is 0 Å². The normalized spacial score (nSPS) is 13.8. The van der Waals surface area contributed by atoms with Gasteiger partial charge in [0.1, 0.15) is 0 Å². The van der Waals surface area contributed by atoms with Gasteiger partial charge in [0.2, 0.25) is 0 Å². The topological polar surface area (TPSA) is 3.24 Å². The SMILES string of the molecule is CC1(C)c2ccccc2-c2ccc(N(c3ccc(-c4ccc5ccccc5c4)cc3)c3ccc4c(c3)C(C)(C)c3cc(-c5ccc(-c6ccc(-c7ccccc7)cc6)cc5)ccc3-4)cc21. The lowest BCUT2D eigenvalue weighted by Crippen LogP contribution is -2.18. The molecule has 0 heterocycles. The van der Waals surface area contributed by atoms with Crippen LogP contribution in [0.3, 0.4) is 0 Å². The fraction of sp³-hybridized carbons (Fsp3) is 0.0938. The van der Waals surface area contributed by atoms with Crippen molar-refractivity contribution in [2.24, 2.45) is 0 Å². The van der Waals surface area contributed by atoms with Crippen molar-refractivity contribution >= 4 is 27.8 Å². The zero-order valence-electron chi connectivity index (χ0n) is 37.3. The Balaban J connectivity index is 0.896. The van der Waals surface area contributed by atoms with Crippen molar-refractivity contribution in [2.75, 3.05) is 4.90 Å². The molecule has 12 rings (SSSR count). The summed E-state index contributed by atoms with van der Waals surface area (Å²) in [5.41, 5.74) is 23.7. The van der Waals surface area contributed by atoms with Crippen LogP contribution in [0.15, 0.2) is 224 Å². The Kier molecular flexibility index (Phi) is 8.94. The van der Waals surface area contributed by atoms with E-state index in [9.17, 15) is 0 Å². The molecule has 65 heavy (non-hydrogen) atoms. The molecule has 0 saturated carbocycles. The summed E-state index contributed by atoms with van der Waals surface area (Å²) in [5, 5.41) is 2.51. The minimum Gasteiger partial charge on any atom is -0.310 e. The fourth-order valence-corrected chi connectivity index (χ4v) is 10.8.